The Balaban J connectivity index is 2.46. The minimum atomic E-state index is 0.368. The van der Waals surface area contributed by atoms with Crippen molar-refractivity contribution in [2.45, 2.75) is 0 Å². The number of hydrogen-bond donors (Lipinski definition) is 1. The molecule has 2 aromatic carbocycles. The van der Waals surface area contributed by atoms with E-state index in [1.54, 1.807) is 30.3 Å². The molecule has 0 saturated carbocycles. The molecule has 0 aliphatic carbocycles. The smallest absolute Gasteiger partial charge is 0.148 e. The molecule has 0 bridgehead atoms. The third kappa shape index (κ3) is 3.27. The standard InChI is InChI=1S/C15H13ClN4O2/c1-21-14-7-13(15(22-2)6-11(14)18)20-19-12-5-10(16)4-3-9(12)8-17/h3-7H,18H2,1-2H3/b20-19+. The number of rotatable bonds is 4. The summed E-state index contributed by atoms with van der Waals surface area (Å²) in [5.74, 6) is 0.906. The number of halogens is 1. The lowest BCUT2D eigenvalue weighted by atomic mass is 10.2. The van der Waals surface area contributed by atoms with Gasteiger partial charge in [0.05, 0.1) is 25.5 Å². The fourth-order valence-electron chi connectivity index (χ4n) is 1.77. The molecule has 0 atom stereocenters. The SMILES string of the molecule is COc1cc(/N=N/c2cc(Cl)ccc2C#N)c(OC)cc1N. The number of anilines is 1. The Morgan fingerprint density at radius 2 is 1.73 bits per heavy atom. The maximum absolute atomic E-state index is 9.07. The Morgan fingerprint density at radius 1 is 1.05 bits per heavy atom. The molecule has 2 aromatic rings. The van der Waals surface area contributed by atoms with Gasteiger partial charge in [-0.1, -0.05) is 11.6 Å². The minimum Gasteiger partial charge on any atom is -0.495 e. The van der Waals surface area contributed by atoms with Crippen molar-refractivity contribution < 1.29 is 9.47 Å². The average Bonchev–Trinajstić information content (AvgIpc) is 2.53. The van der Waals surface area contributed by atoms with Crippen LogP contribution in [0.4, 0.5) is 17.1 Å². The molecular weight excluding hydrogens is 304 g/mol. The highest BCUT2D eigenvalue weighted by Crippen LogP contribution is 2.37. The maximum atomic E-state index is 9.07. The number of benzene rings is 2. The molecule has 7 heteroatoms. The van der Waals surface area contributed by atoms with E-state index in [9.17, 15) is 0 Å². The second-order valence-corrected chi connectivity index (χ2v) is 4.68. The van der Waals surface area contributed by atoms with Crippen LogP contribution in [-0.4, -0.2) is 14.2 Å². The molecule has 0 aliphatic heterocycles. The van der Waals surface area contributed by atoms with E-state index in [1.807, 2.05) is 6.07 Å². The summed E-state index contributed by atoms with van der Waals surface area (Å²) >= 11 is 5.91. The topological polar surface area (TPSA) is 93.0 Å². The molecule has 0 aromatic heterocycles. The van der Waals surface area contributed by atoms with Gasteiger partial charge in [0, 0.05) is 17.2 Å². The fraction of sp³-hybridized carbons (Fsp3) is 0.133. The summed E-state index contributed by atoms with van der Waals surface area (Å²) in [5, 5.41) is 17.7. The summed E-state index contributed by atoms with van der Waals surface area (Å²) in [6.45, 7) is 0. The Kier molecular flexibility index (Phi) is 4.81. The Bertz CT molecular complexity index is 769. The maximum Gasteiger partial charge on any atom is 0.148 e. The van der Waals surface area contributed by atoms with E-state index < -0.39 is 0 Å². The molecular formula is C15H13ClN4O2. The average molecular weight is 317 g/mol. The normalized spacial score (nSPS) is 10.5. The quantitative estimate of drug-likeness (QED) is 0.674. The monoisotopic (exact) mass is 316 g/mol. The number of nitrogens with zero attached hydrogens (tertiary/aromatic N) is 3. The van der Waals surface area contributed by atoms with Crippen LogP contribution in [-0.2, 0) is 0 Å². The highest BCUT2D eigenvalue weighted by atomic mass is 35.5. The Hall–Kier alpha value is -2.78. The van der Waals surface area contributed by atoms with Crippen molar-refractivity contribution in [3.63, 3.8) is 0 Å². The van der Waals surface area contributed by atoms with E-state index in [2.05, 4.69) is 10.2 Å². The molecule has 2 N–H and O–H groups in total. The molecule has 0 amide bonds. The van der Waals surface area contributed by atoms with Gasteiger partial charge in [-0.05, 0) is 18.2 Å². The zero-order valence-corrected chi connectivity index (χ0v) is 12.8. The van der Waals surface area contributed by atoms with Gasteiger partial charge in [-0.2, -0.15) is 5.26 Å². The van der Waals surface area contributed by atoms with Crippen molar-refractivity contribution in [2.75, 3.05) is 20.0 Å². The number of nitrogen functional groups attached to an aromatic ring is 1. The van der Waals surface area contributed by atoms with E-state index >= 15 is 0 Å². The number of azo groups is 1. The summed E-state index contributed by atoms with van der Waals surface area (Å²) in [6, 6.07) is 9.99. The number of nitrogens with two attached hydrogens (primary N) is 1. The van der Waals surface area contributed by atoms with Gasteiger partial charge in [-0.3, -0.25) is 0 Å². The summed E-state index contributed by atoms with van der Waals surface area (Å²) in [4.78, 5) is 0. The first kappa shape index (κ1) is 15.6. The molecule has 6 nitrogen and oxygen atoms in total. The predicted octanol–water partition coefficient (Wildman–Crippen LogP) is 4.23. The van der Waals surface area contributed by atoms with Crippen LogP contribution in [0, 0.1) is 11.3 Å². The first-order valence-corrected chi connectivity index (χ1v) is 6.59. The highest BCUT2D eigenvalue weighted by molar-refractivity contribution is 6.30. The number of nitriles is 1. The lowest BCUT2D eigenvalue weighted by Gasteiger charge is -2.09. The van der Waals surface area contributed by atoms with Crippen molar-refractivity contribution in [1.82, 2.24) is 0 Å². The predicted molar refractivity (Wildman–Crippen MR) is 84.3 cm³/mol. The molecule has 0 saturated heterocycles. The van der Waals surface area contributed by atoms with E-state index in [0.717, 1.165) is 0 Å². The molecule has 0 unspecified atom stereocenters. The van der Waals surface area contributed by atoms with Crippen molar-refractivity contribution in [3.05, 3.63) is 40.9 Å². The van der Waals surface area contributed by atoms with Gasteiger partial charge in [0.2, 0.25) is 0 Å². The van der Waals surface area contributed by atoms with Crippen molar-refractivity contribution in [2.24, 2.45) is 10.2 Å². The molecule has 112 valence electrons. The lowest BCUT2D eigenvalue weighted by molar-refractivity contribution is 0.406. The van der Waals surface area contributed by atoms with Gasteiger partial charge in [0.15, 0.2) is 0 Å². The fourth-order valence-corrected chi connectivity index (χ4v) is 1.94. The van der Waals surface area contributed by atoms with Crippen LogP contribution in [0.1, 0.15) is 5.56 Å². The van der Waals surface area contributed by atoms with Gasteiger partial charge < -0.3 is 15.2 Å². The largest absolute Gasteiger partial charge is 0.495 e. The van der Waals surface area contributed by atoms with Crippen LogP contribution in [0.5, 0.6) is 11.5 Å². The second kappa shape index (κ2) is 6.78. The van der Waals surface area contributed by atoms with E-state index in [1.165, 1.54) is 14.2 Å². The molecule has 2 rings (SSSR count). The van der Waals surface area contributed by atoms with Crippen LogP contribution in [0.3, 0.4) is 0 Å². The second-order valence-electron chi connectivity index (χ2n) is 4.24. The van der Waals surface area contributed by atoms with Crippen LogP contribution >= 0.6 is 11.6 Å². The lowest BCUT2D eigenvalue weighted by Crippen LogP contribution is -1.93. The third-order valence-corrected chi connectivity index (χ3v) is 3.11. The number of ether oxygens (including phenoxy) is 2. The van der Waals surface area contributed by atoms with Crippen LogP contribution in [0.25, 0.3) is 0 Å². The summed E-state index contributed by atoms with van der Waals surface area (Å²) in [7, 11) is 3.00. The van der Waals surface area contributed by atoms with E-state index in [4.69, 9.17) is 32.1 Å². The first-order valence-electron chi connectivity index (χ1n) is 6.22. The third-order valence-electron chi connectivity index (χ3n) is 2.88. The van der Waals surface area contributed by atoms with Crippen LogP contribution in [0.2, 0.25) is 5.02 Å². The van der Waals surface area contributed by atoms with Crippen molar-refractivity contribution in [3.8, 4) is 17.6 Å². The Morgan fingerprint density at radius 3 is 2.36 bits per heavy atom. The van der Waals surface area contributed by atoms with E-state index in [-0.39, 0.29) is 0 Å². The molecule has 0 spiro atoms. The van der Waals surface area contributed by atoms with Crippen LogP contribution < -0.4 is 15.2 Å². The zero-order valence-electron chi connectivity index (χ0n) is 12.0. The van der Waals surface area contributed by atoms with Crippen molar-refractivity contribution in [1.29, 1.82) is 5.26 Å². The molecule has 0 aliphatic rings. The van der Waals surface area contributed by atoms with Crippen LogP contribution in [0.15, 0.2) is 40.6 Å². The van der Waals surface area contributed by atoms with E-state index in [0.29, 0.717) is 39.1 Å². The molecule has 22 heavy (non-hydrogen) atoms. The van der Waals surface area contributed by atoms with Crippen molar-refractivity contribution >= 4 is 28.7 Å². The highest BCUT2D eigenvalue weighted by Gasteiger charge is 2.09. The Labute approximate surface area is 132 Å². The molecule has 0 fully saturated rings. The first-order chi connectivity index (χ1) is 10.6. The number of hydrogen-bond acceptors (Lipinski definition) is 6. The number of methoxy groups -OCH3 is 2. The van der Waals surface area contributed by atoms with Gasteiger partial charge in [-0.15, -0.1) is 10.2 Å². The summed E-state index contributed by atoms with van der Waals surface area (Å²) < 4.78 is 10.4. The van der Waals surface area contributed by atoms with Gasteiger partial charge in [0.25, 0.3) is 0 Å². The van der Waals surface area contributed by atoms with Gasteiger partial charge >= 0.3 is 0 Å². The van der Waals surface area contributed by atoms with Gasteiger partial charge in [-0.25, -0.2) is 0 Å². The zero-order chi connectivity index (χ0) is 16.1. The minimum absolute atomic E-state index is 0.368. The summed E-state index contributed by atoms with van der Waals surface area (Å²) in [6.07, 6.45) is 0. The van der Waals surface area contributed by atoms with Gasteiger partial charge in [0.1, 0.15) is 28.9 Å². The molecule has 0 heterocycles. The molecule has 0 radical (unpaired) electrons. The summed E-state index contributed by atoms with van der Waals surface area (Å²) in [5.41, 5.74) is 7.41.